The number of imidazole rings is 1. The lowest BCUT2D eigenvalue weighted by atomic mass is 9.92. The zero-order valence-electron chi connectivity index (χ0n) is 18.9. The molecule has 160 valence electrons. The molecular weight excluding hydrogens is 412 g/mol. The van der Waals surface area contributed by atoms with Crippen LogP contribution >= 0.6 is 0 Å². The van der Waals surface area contributed by atoms with Crippen LogP contribution in [0, 0.1) is 0 Å². The van der Waals surface area contributed by atoms with E-state index >= 15 is 0 Å². The van der Waals surface area contributed by atoms with Crippen molar-refractivity contribution in [1.29, 1.82) is 0 Å². The van der Waals surface area contributed by atoms with E-state index in [1.807, 2.05) is 6.07 Å². The summed E-state index contributed by atoms with van der Waals surface area (Å²) in [7, 11) is 2.09. The molecule has 0 bridgehead atoms. The second kappa shape index (κ2) is 7.29. The van der Waals surface area contributed by atoms with Crippen LogP contribution in [-0.2, 0) is 7.05 Å². The minimum Gasteiger partial charge on any atom is -0.327 e. The zero-order chi connectivity index (χ0) is 22.6. The SMILES string of the molecule is Cn1c(-c2cccc(-c3ccc4c5ccccc5c5ccccc5c4c3)c2)nc2ccccc21. The third-order valence-corrected chi connectivity index (χ3v) is 6.99. The third kappa shape index (κ3) is 2.79. The fourth-order valence-electron chi connectivity index (χ4n) is 5.33. The zero-order valence-corrected chi connectivity index (χ0v) is 18.9. The number of hydrogen-bond donors (Lipinski definition) is 0. The van der Waals surface area contributed by atoms with Crippen LogP contribution in [0.3, 0.4) is 0 Å². The van der Waals surface area contributed by atoms with Gasteiger partial charge in [-0.25, -0.2) is 4.98 Å². The summed E-state index contributed by atoms with van der Waals surface area (Å²) in [6.07, 6.45) is 0. The van der Waals surface area contributed by atoms with Crippen molar-refractivity contribution in [2.24, 2.45) is 7.05 Å². The van der Waals surface area contributed by atoms with Crippen molar-refractivity contribution in [2.75, 3.05) is 0 Å². The van der Waals surface area contributed by atoms with Gasteiger partial charge in [-0.15, -0.1) is 0 Å². The summed E-state index contributed by atoms with van der Waals surface area (Å²) in [5, 5.41) is 7.80. The summed E-state index contributed by atoms with van der Waals surface area (Å²) < 4.78 is 2.18. The molecule has 0 saturated heterocycles. The Morgan fingerprint density at radius 1 is 0.471 bits per heavy atom. The first-order valence-corrected chi connectivity index (χ1v) is 11.6. The Morgan fingerprint density at radius 2 is 1.03 bits per heavy atom. The van der Waals surface area contributed by atoms with E-state index in [4.69, 9.17) is 4.98 Å². The minimum atomic E-state index is 0.986. The summed E-state index contributed by atoms with van der Waals surface area (Å²) in [6.45, 7) is 0. The quantitative estimate of drug-likeness (QED) is 0.250. The van der Waals surface area contributed by atoms with Crippen molar-refractivity contribution in [1.82, 2.24) is 9.55 Å². The van der Waals surface area contributed by atoms with Gasteiger partial charge in [-0.05, 0) is 67.7 Å². The Morgan fingerprint density at radius 3 is 1.74 bits per heavy atom. The molecule has 34 heavy (non-hydrogen) atoms. The summed E-state index contributed by atoms with van der Waals surface area (Å²) in [5.74, 6) is 0.986. The molecule has 0 aliphatic carbocycles. The van der Waals surface area contributed by atoms with Crippen LogP contribution in [-0.4, -0.2) is 9.55 Å². The molecule has 0 fully saturated rings. The molecule has 0 radical (unpaired) electrons. The number of aryl methyl sites for hydroxylation is 1. The fraction of sp³-hybridized carbons (Fsp3) is 0.0312. The number of benzene rings is 6. The summed E-state index contributed by atoms with van der Waals surface area (Å²) in [5.41, 5.74) is 5.71. The Bertz CT molecular complexity index is 1840. The molecular formula is C32H22N2. The monoisotopic (exact) mass is 434 g/mol. The standard InChI is InChI=1S/C32H22N2/c1-34-31-16-7-6-15-30(31)33-32(34)23-10-8-9-21(19-23)22-17-18-28-26-13-3-2-11-24(26)25-12-4-5-14-27(25)29(28)20-22/h2-20H,1H3. The van der Waals surface area contributed by atoms with Gasteiger partial charge in [0, 0.05) is 12.6 Å². The van der Waals surface area contributed by atoms with E-state index < -0.39 is 0 Å². The van der Waals surface area contributed by atoms with Crippen LogP contribution in [0.4, 0.5) is 0 Å². The van der Waals surface area contributed by atoms with Gasteiger partial charge in [-0.3, -0.25) is 0 Å². The lowest BCUT2D eigenvalue weighted by Crippen LogP contribution is -1.92. The number of nitrogens with zero attached hydrogens (tertiary/aromatic N) is 2. The second-order valence-corrected chi connectivity index (χ2v) is 8.92. The highest BCUT2D eigenvalue weighted by molar-refractivity contribution is 6.25. The van der Waals surface area contributed by atoms with Gasteiger partial charge in [-0.1, -0.05) is 91.0 Å². The lowest BCUT2D eigenvalue weighted by molar-refractivity contribution is 0.959. The predicted octanol–water partition coefficient (Wildman–Crippen LogP) is 8.37. The van der Waals surface area contributed by atoms with Crippen molar-refractivity contribution in [2.45, 2.75) is 0 Å². The van der Waals surface area contributed by atoms with Gasteiger partial charge in [0.15, 0.2) is 0 Å². The Hall–Kier alpha value is -4.43. The van der Waals surface area contributed by atoms with Gasteiger partial charge in [0.25, 0.3) is 0 Å². The molecule has 0 saturated carbocycles. The summed E-state index contributed by atoms with van der Waals surface area (Å²) >= 11 is 0. The van der Waals surface area contributed by atoms with E-state index in [1.54, 1.807) is 0 Å². The van der Waals surface area contributed by atoms with Crippen LogP contribution in [0.1, 0.15) is 0 Å². The maximum Gasteiger partial charge on any atom is 0.140 e. The lowest BCUT2D eigenvalue weighted by Gasteiger charge is -2.12. The second-order valence-electron chi connectivity index (χ2n) is 8.92. The molecule has 6 aromatic carbocycles. The number of hydrogen-bond acceptors (Lipinski definition) is 1. The van der Waals surface area contributed by atoms with Gasteiger partial charge >= 0.3 is 0 Å². The van der Waals surface area contributed by atoms with Crippen LogP contribution < -0.4 is 0 Å². The third-order valence-electron chi connectivity index (χ3n) is 6.99. The Labute approximate surface area is 197 Å². The molecule has 0 N–H and O–H groups in total. The first-order chi connectivity index (χ1) is 16.8. The van der Waals surface area contributed by atoms with E-state index in [2.05, 4.69) is 121 Å². The number of fused-ring (bicyclic) bond motifs is 7. The average Bonchev–Trinajstić information content (AvgIpc) is 3.25. The fourth-order valence-corrected chi connectivity index (χ4v) is 5.33. The van der Waals surface area contributed by atoms with Crippen molar-refractivity contribution >= 4 is 43.4 Å². The van der Waals surface area contributed by atoms with Crippen LogP contribution in [0.5, 0.6) is 0 Å². The maximum atomic E-state index is 4.91. The molecule has 2 heteroatoms. The molecule has 1 heterocycles. The molecule has 0 spiro atoms. The minimum absolute atomic E-state index is 0.986. The predicted molar refractivity (Wildman–Crippen MR) is 144 cm³/mol. The van der Waals surface area contributed by atoms with Gasteiger partial charge in [-0.2, -0.15) is 0 Å². The smallest absolute Gasteiger partial charge is 0.140 e. The molecule has 7 rings (SSSR count). The van der Waals surface area contributed by atoms with Crippen LogP contribution in [0.15, 0.2) is 115 Å². The van der Waals surface area contributed by atoms with Crippen LogP contribution in [0.2, 0.25) is 0 Å². The molecule has 0 unspecified atom stereocenters. The summed E-state index contributed by atoms with van der Waals surface area (Å²) in [4.78, 5) is 4.91. The summed E-state index contributed by atoms with van der Waals surface area (Å²) in [6, 6.07) is 41.3. The van der Waals surface area contributed by atoms with Crippen molar-refractivity contribution in [3.63, 3.8) is 0 Å². The van der Waals surface area contributed by atoms with Gasteiger partial charge in [0.2, 0.25) is 0 Å². The normalized spacial score (nSPS) is 11.7. The molecule has 0 amide bonds. The maximum absolute atomic E-state index is 4.91. The first kappa shape index (κ1) is 19.1. The van der Waals surface area contributed by atoms with E-state index in [0.29, 0.717) is 0 Å². The topological polar surface area (TPSA) is 17.8 Å². The van der Waals surface area contributed by atoms with Crippen molar-refractivity contribution < 1.29 is 0 Å². The van der Waals surface area contributed by atoms with Crippen molar-refractivity contribution in [3.8, 4) is 22.5 Å². The van der Waals surface area contributed by atoms with E-state index in [1.165, 1.54) is 43.4 Å². The molecule has 2 nitrogen and oxygen atoms in total. The van der Waals surface area contributed by atoms with Crippen LogP contribution in [0.25, 0.3) is 65.9 Å². The van der Waals surface area contributed by atoms with E-state index in [0.717, 1.165) is 22.4 Å². The number of aromatic nitrogens is 2. The highest BCUT2D eigenvalue weighted by Crippen LogP contribution is 2.37. The largest absolute Gasteiger partial charge is 0.327 e. The van der Waals surface area contributed by atoms with Gasteiger partial charge in [0.05, 0.1) is 11.0 Å². The highest BCUT2D eigenvalue weighted by atomic mass is 15.1. The Balaban J connectivity index is 1.45. The van der Waals surface area contributed by atoms with E-state index in [-0.39, 0.29) is 0 Å². The molecule has 1 aromatic heterocycles. The Kier molecular flexibility index (Phi) is 4.09. The van der Waals surface area contributed by atoms with Gasteiger partial charge < -0.3 is 4.57 Å². The molecule has 0 aliphatic heterocycles. The molecule has 7 aromatic rings. The molecule has 0 atom stereocenters. The number of rotatable bonds is 2. The van der Waals surface area contributed by atoms with Crippen molar-refractivity contribution in [3.05, 3.63) is 115 Å². The highest BCUT2D eigenvalue weighted by Gasteiger charge is 2.12. The van der Waals surface area contributed by atoms with E-state index in [9.17, 15) is 0 Å². The molecule has 0 aliphatic rings. The first-order valence-electron chi connectivity index (χ1n) is 11.6. The van der Waals surface area contributed by atoms with Gasteiger partial charge in [0.1, 0.15) is 5.82 Å². The average molecular weight is 435 g/mol. The number of para-hydroxylation sites is 2.